The van der Waals surface area contributed by atoms with Crippen LogP contribution in [0, 0.1) is 24.3 Å². The van der Waals surface area contributed by atoms with Crippen LogP contribution in [0.3, 0.4) is 0 Å². The lowest BCUT2D eigenvalue weighted by Crippen LogP contribution is -1.99. The Balaban J connectivity index is 2.54. The number of hydrogen-bond donors (Lipinski definition) is 1. The van der Waals surface area contributed by atoms with Crippen LogP contribution in [0.2, 0.25) is 0 Å². The molecule has 1 aromatic rings. The van der Waals surface area contributed by atoms with Crippen LogP contribution >= 0.6 is 0 Å². The molecule has 0 saturated carbocycles. The molecule has 1 heteroatoms. The van der Waals surface area contributed by atoms with Crippen molar-refractivity contribution < 1.29 is 0 Å². The zero-order chi connectivity index (χ0) is 6.10. The molecule has 0 unspecified atom stereocenters. The summed E-state index contributed by atoms with van der Waals surface area (Å²) in [4.78, 5) is 0. The van der Waals surface area contributed by atoms with Crippen molar-refractivity contribution in [3.8, 4) is 0 Å². The second-order valence-corrected chi connectivity index (χ2v) is 2.06. The van der Waals surface area contributed by atoms with E-state index in [1.807, 2.05) is 0 Å². The van der Waals surface area contributed by atoms with Crippen LogP contribution in [0.1, 0.15) is 11.1 Å². The van der Waals surface area contributed by atoms with Gasteiger partial charge in [0.15, 0.2) is 0 Å². The smallest absolute Gasteiger partial charge is 0.0298 e. The first-order chi connectivity index (χ1) is 4.47. The van der Waals surface area contributed by atoms with Gasteiger partial charge in [0.2, 0.25) is 0 Å². The standard InChI is InChI=1S/C8H5N/c1-2-4-8-6-9-5-7(8)3-1/h9H,5-6H2. The van der Waals surface area contributed by atoms with E-state index in [4.69, 9.17) is 0 Å². The fourth-order valence-corrected chi connectivity index (χ4v) is 0.979. The van der Waals surface area contributed by atoms with Crippen LogP contribution in [0.5, 0.6) is 0 Å². The molecule has 1 aliphatic rings. The SMILES string of the molecule is c1c#cc2c(c#1)CNC2. The lowest BCUT2D eigenvalue weighted by Gasteiger charge is -1.80. The molecule has 0 amide bonds. The second-order valence-electron chi connectivity index (χ2n) is 2.06. The lowest BCUT2D eigenvalue weighted by atomic mass is 10.2. The van der Waals surface area contributed by atoms with Crippen molar-refractivity contribution >= 4 is 0 Å². The van der Waals surface area contributed by atoms with Crippen molar-refractivity contribution in [3.63, 3.8) is 0 Å². The summed E-state index contributed by atoms with van der Waals surface area (Å²) < 4.78 is 0. The van der Waals surface area contributed by atoms with Gasteiger partial charge in [-0.25, -0.2) is 0 Å². The van der Waals surface area contributed by atoms with Crippen LogP contribution in [-0.2, 0) is 13.1 Å². The molecule has 1 aliphatic heterocycles. The molecule has 1 heterocycles. The molecule has 9 heavy (non-hydrogen) atoms. The number of nitrogens with one attached hydrogen (secondary N) is 1. The Labute approximate surface area is 54.7 Å². The first kappa shape index (κ1) is 4.68. The molecule has 2 rings (SSSR count). The molecule has 0 radical (unpaired) electrons. The molecule has 1 N–H and O–H groups in total. The van der Waals surface area contributed by atoms with E-state index in [2.05, 4.69) is 29.6 Å². The molecule has 42 valence electrons. The van der Waals surface area contributed by atoms with Gasteiger partial charge in [-0.2, -0.15) is 0 Å². The van der Waals surface area contributed by atoms with Crippen molar-refractivity contribution in [3.05, 3.63) is 35.4 Å². The van der Waals surface area contributed by atoms with Crippen molar-refractivity contribution in [2.45, 2.75) is 13.1 Å². The van der Waals surface area contributed by atoms with E-state index in [0.29, 0.717) is 0 Å². The third kappa shape index (κ3) is 0.633. The van der Waals surface area contributed by atoms with Crippen molar-refractivity contribution in [1.29, 1.82) is 0 Å². The minimum Gasteiger partial charge on any atom is -0.307 e. The largest absolute Gasteiger partial charge is 0.307 e. The molecular weight excluding hydrogens is 110 g/mol. The average Bonchev–Trinajstić information content (AvgIpc) is 2.33. The van der Waals surface area contributed by atoms with Crippen molar-refractivity contribution in [1.82, 2.24) is 5.32 Å². The minimum absolute atomic E-state index is 0.914. The first-order valence-corrected chi connectivity index (χ1v) is 2.91. The molecule has 1 aromatic carbocycles. The Hall–Kier alpha value is -1.18. The maximum Gasteiger partial charge on any atom is 0.0298 e. The van der Waals surface area contributed by atoms with E-state index in [1.54, 1.807) is 0 Å². The van der Waals surface area contributed by atoms with E-state index >= 15 is 0 Å². The number of hydrogen-bond acceptors (Lipinski definition) is 1. The Morgan fingerprint density at radius 2 is 1.56 bits per heavy atom. The summed E-state index contributed by atoms with van der Waals surface area (Å²) in [5.41, 5.74) is 2.38. The Morgan fingerprint density at radius 1 is 1.00 bits per heavy atom. The van der Waals surface area contributed by atoms with Crippen LogP contribution < -0.4 is 5.32 Å². The molecule has 0 fully saturated rings. The quantitative estimate of drug-likeness (QED) is 0.519. The van der Waals surface area contributed by atoms with E-state index in [0.717, 1.165) is 13.1 Å². The molecule has 0 bridgehead atoms. The third-order valence-electron chi connectivity index (χ3n) is 1.46. The molecule has 0 aromatic heterocycles. The highest BCUT2D eigenvalue weighted by Gasteiger charge is 2.06. The van der Waals surface area contributed by atoms with Gasteiger partial charge in [0, 0.05) is 24.2 Å². The van der Waals surface area contributed by atoms with Crippen molar-refractivity contribution in [2.75, 3.05) is 0 Å². The monoisotopic (exact) mass is 115 g/mol. The molecular formula is C8H5N. The molecule has 1 nitrogen and oxygen atoms in total. The second kappa shape index (κ2) is 1.65. The van der Waals surface area contributed by atoms with Gasteiger partial charge in [-0.1, -0.05) is 12.1 Å². The van der Waals surface area contributed by atoms with Gasteiger partial charge in [-0.3, -0.25) is 0 Å². The Morgan fingerprint density at radius 3 is 2.11 bits per heavy atom. The summed E-state index contributed by atoms with van der Waals surface area (Å²) in [7, 11) is 0. The van der Waals surface area contributed by atoms with Gasteiger partial charge in [0.1, 0.15) is 0 Å². The van der Waals surface area contributed by atoms with Gasteiger partial charge >= 0.3 is 0 Å². The van der Waals surface area contributed by atoms with Gasteiger partial charge in [0.25, 0.3) is 0 Å². The van der Waals surface area contributed by atoms with Gasteiger partial charge < -0.3 is 5.32 Å². The van der Waals surface area contributed by atoms with E-state index in [9.17, 15) is 0 Å². The van der Waals surface area contributed by atoms with E-state index < -0.39 is 0 Å². The van der Waals surface area contributed by atoms with Crippen LogP contribution in [0.15, 0.2) is 0 Å². The van der Waals surface area contributed by atoms with Gasteiger partial charge in [-0.05, 0) is 12.1 Å². The Kier molecular flexibility index (Phi) is 0.859. The van der Waals surface area contributed by atoms with Gasteiger partial charge in [-0.15, -0.1) is 0 Å². The fraction of sp³-hybridized carbons (Fsp3) is 0.250. The highest BCUT2D eigenvalue weighted by atomic mass is 14.9. The highest BCUT2D eigenvalue weighted by molar-refractivity contribution is 5.21. The highest BCUT2D eigenvalue weighted by Crippen LogP contribution is 2.07. The zero-order valence-corrected chi connectivity index (χ0v) is 4.91. The maximum atomic E-state index is 3.19. The predicted octanol–water partition coefficient (Wildman–Crippen LogP) is 0.491. The maximum absolute atomic E-state index is 3.19. The Bertz CT molecular complexity index is 195. The summed E-state index contributed by atoms with van der Waals surface area (Å²) in [5.74, 6) is 0. The molecule has 0 spiro atoms. The predicted molar refractivity (Wildman–Crippen MR) is 32.3 cm³/mol. The summed E-state index contributed by atoms with van der Waals surface area (Å²) in [6.07, 6.45) is 0. The van der Waals surface area contributed by atoms with E-state index in [-0.39, 0.29) is 0 Å². The van der Waals surface area contributed by atoms with Crippen molar-refractivity contribution in [2.24, 2.45) is 0 Å². The topological polar surface area (TPSA) is 12.0 Å². The molecule has 0 saturated heterocycles. The first-order valence-electron chi connectivity index (χ1n) is 2.91. The molecule has 0 aliphatic carbocycles. The van der Waals surface area contributed by atoms with Gasteiger partial charge in [0.05, 0.1) is 0 Å². The van der Waals surface area contributed by atoms with Crippen LogP contribution in [0.4, 0.5) is 0 Å². The summed E-state index contributed by atoms with van der Waals surface area (Å²) in [6.45, 7) is 1.83. The number of fused-ring (bicyclic) bond motifs is 1. The fourth-order valence-electron chi connectivity index (χ4n) is 0.979. The summed E-state index contributed by atoms with van der Waals surface area (Å²) >= 11 is 0. The van der Waals surface area contributed by atoms with E-state index in [1.165, 1.54) is 11.1 Å². The summed E-state index contributed by atoms with van der Waals surface area (Å²) in [5, 5.41) is 3.19. The third-order valence-corrected chi connectivity index (χ3v) is 1.46. The number of rotatable bonds is 0. The minimum atomic E-state index is 0.914. The molecule has 0 atom stereocenters. The van der Waals surface area contributed by atoms with Crippen LogP contribution in [0.25, 0.3) is 0 Å². The lowest BCUT2D eigenvalue weighted by molar-refractivity contribution is 0.765. The normalized spacial score (nSPS) is 13.8. The summed E-state index contributed by atoms with van der Waals surface area (Å²) in [6, 6.07) is 11.4. The zero-order valence-electron chi connectivity index (χ0n) is 4.91. The average molecular weight is 115 g/mol. The van der Waals surface area contributed by atoms with Crippen LogP contribution in [-0.4, -0.2) is 0 Å².